The summed E-state index contributed by atoms with van der Waals surface area (Å²) in [5.41, 5.74) is 0.731. The molecule has 3 nitrogen and oxygen atoms in total. The first-order chi connectivity index (χ1) is 13.1. The van der Waals surface area contributed by atoms with E-state index in [1.165, 1.54) is 89.5 Å². The number of unbranched alkanes of at least 4 members (excludes halogenated alkanes) is 14. The Morgan fingerprint density at radius 2 is 1.07 bits per heavy atom. The second-order valence-electron chi connectivity index (χ2n) is 7.78. The third kappa shape index (κ3) is 14.2. The summed E-state index contributed by atoms with van der Waals surface area (Å²) in [5, 5.41) is 0. The van der Waals surface area contributed by atoms with Crippen LogP contribution in [0.4, 0.5) is 0 Å². The molecule has 0 saturated heterocycles. The molecule has 5 heteroatoms. The second-order valence-corrected chi connectivity index (χ2v) is 9.17. The van der Waals surface area contributed by atoms with Crippen molar-refractivity contribution >= 4 is 39.7 Å². The van der Waals surface area contributed by atoms with Crippen molar-refractivity contribution in [3.05, 3.63) is 29.8 Å². The molecule has 0 unspecified atom stereocenters. The largest absolute Gasteiger partial charge is 0.294 e. The maximum Gasteiger partial charge on any atom is 0.294 e. The van der Waals surface area contributed by atoms with Gasteiger partial charge in [-0.15, -0.1) is 0 Å². The van der Waals surface area contributed by atoms with Crippen molar-refractivity contribution in [2.45, 2.75) is 115 Å². The Morgan fingerprint density at radius 1 is 0.679 bits per heavy atom. The third-order valence-corrected chi connectivity index (χ3v) is 6.25. The van der Waals surface area contributed by atoms with E-state index in [2.05, 4.69) is 6.92 Å². The smallest absolute Gasteiger partial charge is 0.282 e. The monoisotopic (exact) mass is 419 g/mol. The van der Waals surface area contributed by atoms with Crippen molar-refractivity contribution in [1.82, 2.24) is 0 Å². The third-order valence-electron chi connectivity index (χ3n) is 5.30. The van der Waals surface area contributed by atoms with E-state index in [-0.39, 0.29) is 34.5 Å². The number of benzene rings is 1. The maximum absolute atomic E-state index is 11.4. The molecule has 1 aromatic rings. The average molecular weight is 420 g/mol. The van der Waals surface area contributed by atoms with Gasteiger partial charge in [-0.1, -0.05) is 115 Å². The van der Waals surface area contributed by atoms with E-state index in [0.29, 0.717) is 6.42 Å². The van der Waals surface area contributed by atoms with E-state index < -0.39 is 10.1 Å². The van der Waals surface area contributed by atoms with Crippen LogP contribution >= 0.6 is 0 Å². The average Bonchev–Trinajstić information content (AvgIpc) is 2.64. The summed E-state index contributed by atoms with van der Waals surface area (Å²) in [4.78, 5) is 0.0652. The topological polar surface area (TPSA) is 54.4 Å². The summed E-state index contributed by atoms with van der Waals surface area (Å²) in [6, 6.07) is 6.76. The molecule has 28 heavy (non-hydrogen) atoms. The van der Waals surface area contributed by atoms with E-state index >= 15 is 0 Å². The maximum atomic E-state index is 11.4. The van der Waals surface area contributed by atoms with Gasteiger partial charge in [0.05, 0.1) is 4.90 Å². The van der Waals surface area contributed by atoms with Crippen LogP contribution in [0.15, 0.2) is 29.2 Å². The first kappa shape index (κ1) is 28.1. The molecule has 0 aliphatic heterocycles. The van der Waals surface area contributed by atoms with Crippen molar-refractivity contribution < 1.29 is 13.0 Å². The minimum Gasteiger partial charge on any atom is -0.282 e. The van der Waals surface area contributed by atoms with Crippen LogP contribution in [0.5, 0.6) is 0 Å². The Hall–Kier alpha value is 0.130. The summed E-state index contributed by atoms with van der Waals surface area (Å²) < 4.78 is 32.0. The standard InChI is InChI=1S/C23H40O3S.Na/c1-2-3-4-5-6-7-8-9-10-11-12-13-14-15-16-19-22-20-17-18-21-23(22)27(24,25)26;/h17-18,20-21H,2-16,19H2,1H3,(H,24,25,26);. The summed E-state index contributed by atoms with van der Waals surface area (Å²) in [5.74, 6) is 0. The molecule has 1 aromatic carbocycles. The SMILES string of the molecule is CCCCCCCCCCCCCCCCCc1ccccc1S(=O)(=O)O.[Na]. The molecule has 0 spiro atoms. The van der Waals surface area contributed by atoms with Gasteiger partial charge in [0, 0.05) is 29.6 Å². The molecule has 1 N–H and O–H groups in total. The zero-order chi connectivity index (χ0) is 19.8. The molecule has 0 bridgehead atoms. The van der Waals surface area contributed by atoms with Crippen LogP contribution in [-0.4, -0.2) is 42.5 Å². The van der Waals surface area contributed by atoms with Crippen LogP contribution in [-0.2, 0) is 16.5 Å². The van der Waals surface area contributed by atoms with E-state index in [1.54, 1.807) is 12.1 Å². The van der Waals surface area contributed by atoms with Crippen LogP contribution in [0, 0.1) is 0 Å². The molecular formula is C23H40NaO3S. The Kier molecular flexibility index (Phi) is 18.0. The van der Waals surface area contributed by atoms with Crippen molar-refractivity contribution in [3.8, 4) is 0 Å². The summed E-state index contributed by atoms with van der Waals surface area (Å²) >= 11 is 0. The van der Waals surface area contributed by atoms with Gasteiger partial charge in [0.25, 0.3) is 10.1 Å². The molecule has 0 aliphatic carbocycles. The Bertz CT molecular complexity index is 587. The van der Waals surface area contributed by atoms with Crippen LogP contribution in [0.2, 0.25) is 0 Å². The summed E-state index contributed by atoms with van der Waals surface area (Å²) in [6.45, 7) is 2.27. The molecule has 157 valence electrons. The fourth-order valence-corrected chi connectivity index (χ4v) is 4.40. The molecule has 0 fully saturated rings. The first-order valence-electron chi connectivity index (χ1n) is 11.1. The molecule has 1 radical (unpaired) electrons. The van der Waals surface area contributed by atoms with Gasteiger partial charge < -0.3 is 0 Å². The van der Waals surface area contributed by atoms with Crippen molar-refractivity contribution in [1.29, 1.82) is 0 Å². The summed E-state index contributed by atoms with van der Waals surface area (Å²) in [7, 11) is -4.10. The van der Waals surface area contributed by atoms with Gasteiger partial charge in [-0.25, -0.2) is 0 Å². The van der Waals surface area contributed by atoms with Gasteiger partial charge in [-0.05, 0) is 24.5 Å². The first-order valence-corrected chi connectivity index (χ1v) is 12.5. The van der Waals surface area contributed by atoms with Crippen molar-refractivity contribution in [2.75, 3.05) is 0 Å². The van der Waals surface area contributed by atoms with Gasteiger partial charge in [-0.2, -0.15) is 8.42 Å². The number of hydrogen-bond donors (Lipinski definition) is 1. The van der Waals surface area contributed by atoms with E-state index in [9.17, 15) is 13.0 Å². The van der Waals surface area contributed by atoms with Gasteiger partial charge in [0.15, 0.2) is 0 Å². The molecule has 0 atom stereocenters. The van der Waals surface area contributed by atoms with E-state index in [1.807, 2.05) is 6.07 Å². The van der Waals surface area contributed by atoms with Gasteiger partial charge in [-0.3, -0.25) is 4.55 Å². The molecular weight excluding hydrogens is 379 g/mol. The van der Waals surface area contributed by atoms with Crippen LogP contribution in [0.1, 0.15) is 109 Å². The number of aryl methyl sites for hydroxylation is 1. The minimum absolute atomic E-state index is 0. The predicted molar refractivity (Wildman–Crippen MR) is 121 cm³/mol. The molecule has 0 aromatic heterocycles. The van der Waals surface area contributed by atoms with Gasteiger partial charge >= 0.3 is 0 Å². The van der Waals surface area contributed by atoms with E-state index in [4.69, 9.17) is 0 Å². The zero-order valence-electron chi connectivity index (χ0n) is 18.3. The number of rotatable bonds is 17. The van der Waals surface area contributed by atoms with Crippen LogP contribution in [0.25, 0.3) is 0 Å². The Labute approximate surface area is 196 Å². The quantitative estimate of drug-likeness (QED) is 0.169. The predicted octanol–water partition coefficient (Wildman–Crippen LogP) is 6.97. The zero-order valence-corrected chi connectivity index (χ0v) is 21.1. The minimum atomic E-state index is -4.10. The van der Waals surface area contributed by atoms with Crippen molar-refractivity contribution in [3.63, 3.8) is 0 Å². The Morgan fingerprint density at radius 3 is 1.50 bits per heavy atom. The number of hydrogen-bond acceptors (Lipinski definition) is 2. The van der Waals surface area contributed by atoms with E-state index in [0.717, 1.165) is 18.4 Å². The van der Waals surface area contributed by atoms with Gasteiger partial charge in [0.2, 0.25) is 0 Å². The van der Waals surface area contributed by atoms with Crippen LogP contribution in [0.3, 0.4) is 0 Å². The van der Waals surface area contributed by atoms with Gasteiger partial charge in [0.1, 0.15) is 0 Å². The normalized spacial score (nSPS) is 11.4. The Balaban J connectivity index is 0.00000729. The molecule has 1 rings (SSSR count). The molecule has 0 aliphatic rings. The molecule has 0 amide bonds. The summed E-state index contributed by atoms with van der Waals surface area (Å²) in [6.07, 6.45) is 20.5. The van der Waals surface area contributed by atoms with Crippen LogP contribution < -0.4 is 0 Å². The fraction of sp³-hybridized carbons (Fsp3) is 0.739. The fourth-order valence-electron chi connectivity index (χ4n) is 3.65. The molecule has 0 heterocycles. The second kappa shape index (κ2) is 17.9. The van der Waals surface area contributed by atoms with Crippen molar-refractivity contribution in [2.24, 2.45) is 0 Å². The molecule has 0 saturated carbocycles.